The molecule has 0 radical (unpaired) electrons. The van der Waals surface area contributed by atoms with Gasteiger partial charge in [-0.25, -0.2) is 0 Å². The average molecular weight is 441 g/mol. The first kappa shape index (κ1) is 19.6. The first-order valence-electron chi connectivity index (χ1n) is 9.65. The topological polar surface area (TPSA) is 49.4 Å². The second-order valence-electron chi connectivity index (χ2n) is 6.90. The molecular weight excluding hydrogens is 424 g/mol. The summed E-state index contributed by atoms with van der Waals surface area (Å²) in [5, 5.41) is 1.92. The van der Waals surface area contributed by atoms with Crippen LogP contribution in [0.2, 0.25) is 0 Å². The van der Waals surface area contributed by atoms with Gasteiger partial charge in [-0.1, -0.05) is 60.0 Å². The highest BCUT2D eigenvalue weighted by Crippen LogP contribution is 2.47. The SMILES string of the molecule is O=C1NC(=O)C(=Cc2ccc(C#CCN3c4ccccc4Sc4ccccc43)cc2)S1. The zero-order valence-electron chi connectivity index (χ0n) is 16.3. The molecule has 4 nitrogen and oxygen atoms in total. The van der Waals surface area contributed by atoms with Gasteiger partial charge in [-0.3, -0.25) is 14.9 Å². The molecule has 3 aromatic rings. The van der Waals surface area contributed by atoms with E-state index in [4.69, 9.17) is 0 Å². The Labute approximate surface area is 188 Å². The number of thioether (sulfide) groups is 1. The molecule has 5 rings (SSSR count). The molecule has 0 aliphatic carbocycles. The van der Waals surface area contributed by atoms with Gasteiger partial charge in [-0.2, -0.15) is 0 Å². The Balaban J connectivity index is 1.35. The summed E-state index contributed by atoms with van der Waals surface area (Å²) in [5.41, 5.74) is 4.09. The number of rotatable bonds is 2. The van der Waals surface area contributed by atoms with Gasteiger partial charge in [0.2, 0.25) is 0 Å². The highest BCUT2D eigenvalue weighted by molar-refractivity contribution is 8.18. The van der Waals surface area contributed by atoms with Gasteiger partial charge in [-0.05, 0) is 59.8 Å². The number of hydrogen-bond acceptors (Lipinski definition) is 5. The molecule has 2 amide bonds. The van der Waals surface area contributed by atoms with E-state index in [9.17, 15) is 9.59 Å². The number of amides is 2. The van der Waals surface area contributed by atoms with Crippen LogP contribution < -0.4 is 10.2 Å². The third-order valence-electron chi connectivity index (χ3n) is 4.85. The fraction of sp³-hybridized carbons (Fsp3) is 0.0400. The molecule has 0 saturated carbocycles. The summed E-state index contributed by atoms with van der Waals surface area (Å²) in [5.74, 6) is 6.18. The maximum atomic E-state index is 11.7. The van der Waals surface area contributed by atoms with Crippen LogP contribution in [-0.4, -0.2) is 17.7 Å². The largest absolute Gasteiger partial charge is 0.328 e. The number of nitrogens with zero attached hydrogens (tertiary/aromatic N) is 1. The number of fused-ring (bicyclic) bond motifs is 2. The molecule has 150 valence electrons. The third-order valence-corrected chi connectivity index (χ3v) is 6.79. The van der Waals surface area contributed by atoms with Gasteiger partial charge in [-0.15, -0.1) is 0 Å². The van der Waals surface area contributed by atoms with Crippen molar-refractivity contribution < 1.29 is 9.59 Å². The molecular formula is C25H16N2O2S2. The Morgan fingerprint density at radius 1 is 0.839 bits per heavy atom. The maximum absolute atomic E-state index is 11.7. The van der Waals surface area contributed by atoms with Gasteiger partial charge in [0.05, 0.1) is 22.8 Å². The summed E-state index contributed by atoms with van der Waals surface area (Å²) in [4.78, 5) is 28.1. The van der Waals surface area contributed by atoms with Crippen molar-refractivity contribution in [3.63, 3.8) is 0 Å². The fourth-order valence-corrected chi connectivity index (χ4v) is 5.19. The number of carbonyl (C=O) groups excluding carboxylic acids is 2. The van der Waals surface area contributed by atoms with Crippen LogP contribution in [0.1, 0.15) is 11.1 Å². The first-order valence-corrected chi connectivity index (χ1v) is 11.3. The van der Waals surface area contributed by atoms with E-state index in [2.05, 4.69) is 70.6 Å². The summed E-state index contributed by atoms with van der Waals surface area (Å²) in [6, 6.07) is 24.4. The number of carbonyl (C=O) groups is 2. The van der Waals surface area contributed by atoms with Crippen molar-refractivity contribution in [3.8, 4) is 11.8 Å². The highest BCUT2D eigenvalue weighted by atomic mass is 32.2. The number of benzene rings is 3. The normalized spacial score (nSPS) is 15.7. The van der Waals surface area contributed by atoms with Gasteiger partial charge in [0, 0.05) is 15.4 Å². The molecule has 1 saturated heterocycles. The summed E-state index contributed by atoms with van der Waals surface area (Å²) in [6.07, 6.45) is 1.71. The van der Waals surface area contributed by atoms with E-state index in [0.29, 0.717) is 11.4 Å². The summed E-state index contributed by atoms with van der Waals surface area (Å²) >= 11 is 2.70. The lowest BCUT2D eigenvalue weighted by Gasteiger charge is -2.31. The number of imide groups is 1. The van der Waals surface area contributed by atoms with Crippen molar-refractivity contribution in [2.45, 2.75) is 9.79 Å². The second kappa shape index (κ2) is 8.38. The van der Waals surface area contributed by atoms with Crippen molar-refractivity contribution in [2.24, 2.45) is 0 Å². The minimum absolute atomic E-state index is 0.335. The van der Waals surface area contributed by atoms with Gasteiger partial charge in [0.25, 0.3) is 11.1 Å². The molecule has 2 heterocycles. The molecule has 6 heteroatoms. The lowest BCUT2D eigenvalue weighted by molar-refractivity contribution is -0.115. The van der Waals surface area contributed by atoms with E-state index in [1.807, 2.05) is 24.3 Å². The smallest absolute Gasteiger partial charge is 0.290 e. The number of anilines is 2. The summed E-state index contributed by atoms with van der Waals surface area (Å²) in [6.45, 7) is 0.583. The van der Waals surface area contributed by atoms with Crippen LogP contribution in [-0.2, 0) is 4.79 Å². The summed E-state index contributed by atoms with van der Waals surface area (Å²) < 4.78 is 0. The minimum atomic E-state index is -0.348. The van der Waals surface area contributed by atoms with Crippen LogP contribution in [0.25, 0.3) is 6.08 Å². The van der Waals surface area contributed by atoms with E-state index >= 15 is 0 Å². The fourth-order valence-electron chi connectivity index (χ4n) is 3.41. The zero-order chi connectivity index (χ0) is 21.2. The molecule has 0 bridgehead atoms. The molecule has 31 heavy (non-hydrogen) atoms. The van der Waals surface area contributed by atoms with E-state index in [1.54, 1.807) is 17.8 Å². The van der Waals surface area contributed by atoms with E-state index in [-0.39, 0.29) is 11.1 Å². The van der Waals surface area contributed by atoms with E-state index in [1.165, 1.54) is 21.2 Å². The predicted molar refractivity (Wildman–Crippen MR) is 126 cm³/mol. The van der Waals surface area contributed by atoms with Crippen LogP contribution in [0.15, 0.2) is 87.5 Å². The van der Waals surface area contributed by atoms with Crippen LogP contribution in [0.3, 0.4) is 0 Å². The average Bonchev–Trinajstić information content (AvgIpc) is 3.11. The van der Waals surface area contributed by atoms with Crippen molar-refractivity contribution in [2.75, 3.05) is 11.4 Å². The number of para-hydroxylation sites is 2. The van der Waals surface area contributed by atoms with Crippen molar-refractivity contribution in [3.05, 3.63) is 88.8 Å². The van der Waals surface area contributed by atoms with E-state index in [0.717, 1.165) is 22.9 Å². The molecule has 1 fully saturated rings. The molecule has 3 aromatic carbocycles. The zero-order valence-corrected chi connectivity index (χ0v) is 17.9. The predicted octanol–water partition coefficient (Wildman–Crippen LogP) is 5.66. The Morgan fingerprint density at radius 2 is 1.48 bits per heavy atom. The molecule has 2 aliphatic heterocycles. The standard InChI is InChI=1S/C25H16N2O2S2/c28-24-23(31-25(29)26-24)16-18-13-11-17(12-14-18)6-5-15-27-19-7-1-3-9-21(19)30-22-10-4-2-8-20(22)27/h1-4,7-14,16H,15H2,(H,26,28,29). The molecule has 1 N–H and O–H groups in total. The van der Waals surface area contributed by atoms with Gasteiger partial charge in [0.15, 0.2) is 0 Å². The Bertz CT molecular complexity index is 1240. The first-order chi connectivity index (χ1) is 15.2. The van der Waals surface area contributed by atoms with Gasteiger partial charge >= 0.3 is 0 Å². The Morgan fingerprint density at radius 3 is 2.10 bits per heavy atom. The second-order valence-corrected chi connectivity index (χ2v) is 9.00. The summed E-state index contributed by atoms with van der Waals surface area (Å²) in [7, 11) is 0. The lowest BCUT2D eigenvalue weighted by atomic mass is 10.1. The number of hydrogen-bond donors (Lipinski definition) is 1. The van der Waals surface area contributed by atoms with Crippen LogP contribution in [0.5, 0.6) is 0 Å². The Kier molecular flexibility index (Phi) is 5.29. The maximum Gasteiger partial charge on any atom is 0.290 e. The third kappa shape index (κ3) is 4.11. The highest BCUT2D eigenvalue weighted by Gasteiger charge is 2.25. The van der Waals surface area contributed by atoms with Crippen LogP contribution in [0.4, 0.5) is 16.2 Å². The van der Waals surface area contributed by atoms with Crippen molar-refractivity contribution in [1.82, 2.24) is 5.32 Å². The van der Waals surface area contributed by atoms with Crippen molar-refractivity contribution in [1.29, 1.82) is 0 Å². The van der Waals surface area contributed by atoms with Crippen molar-refractivity contribution >= 4 is 52.1 Å². The molecule has 0 unspecified atom stereocenters. The molecule has 0 atom stereocenters. The molecule has 0 aromatic heterocycles. The molecule has 2 aliphatic rings. The van der Waals surface area contributed by atoms with Gasteiger partial charge in [0.1, 0.15) is 0 Å². The monoisotopic (exact) mass is 440 g/mol. The number of nitrogens with one attached hydrogen (secondary N) is 1. The molecule has 0 spiro atoms. The lowest BCUT2D eigenvalue weighted by Crippen LogP contribution is -2.20. The van der Waals surface area contributed by atoms with Gasteiger partial charge < -0.3 is 4.90 Å². The quantitative estimate of drug-likeness (QED) is 0.411. The van der Waals surface area contributed by atoms with E-state index < -0.39 is 0 Å². The van der Waals surface area contributed by atoms with Crippen LogP contribution >= 0.6 is 23.5 Å². The Hall–Kier alpha value is -3.40. The van der Waals surface area contributed by atoms with Crippen LogP contribution in [0, 0.1) is 11.8 Å². The minimum Gasteiger partial charge on any atom is -0.328 e.